The average molecular weight is 279 g/mol. The first-order valence-corrected chi connectivity index (χ1v) is 7.05. The minimum absolute atomic E-state index is 0.0649. The van der Waals surface area contributed by atoms with Gasteiger partial charge in [0, 0.05) is 24.3 Å². The van der Waals surface area contributed by atoms with Crippen molar-refractivity contribution in [1.29, 1.82) is 0 Å². The molecule has 2 aromatic heterocycles. The topological polar surface area (TPSA) is 78.0 Å². The summed E-state index contributed by atoms with van der Waals surface area (Å²) in [4.78, 5) is 29.9. The van der Waals surface area contributed by atoms with Gasteiger partial charge in [0.1, 0.15) is 10.7 Å². The molecule has 0 aliphatic carbocycles. The molecular formula is C13H17N3O2S. The predicted molar refractivity (Wildman–Crippen MR) is 76.5 cm³/mol. The van der Waals surface area contributed by atoms with Crippen molar-refractivity contribution in [3.63, 3.8) is 0 Å². The molecule has 2 heterocycles. The maximum atomic E-state index is 12.5. The highest BCUT2D eigenvalue weighted by atomic mass is 32.1. The summed E-state index contributed by atoms with van der Waals surface area (Å²) in [7, 11) is 0. The second-order valence-electron chi connectivity index (χ2n) is 4.52. The maximum absolute atomic E-state index is 12.5. The van der Waals surface area contributed by atoms with Crippen LogP contribution in [0.4, 0.5) is 0 Å². The van der Waals surface area contributed by atoms with Crippen LogP contribution in [0.3, 0.4) is 0 Å². The number of fused-ring (bicyclic) bond motifs is 1. The molecule has 0 aliphatic rings. The molecule has 2 rings (SSSR count). The number of thiophene rings is 1. The van der Waals surface area contributed by atoms with Crippen molar-refractivity contribution in [2.75, 3.05) is 0 Å². The van der Waals surface area contributed by atoms with Crippen molar-refractivity contribution < 1.29 is 4.79 Å². The number of primary amides is 1. The van der Waals surface area contributed by atoms with Crippen molar-refractivity contribution in [2.45, 2.75) is 40.2 Å². The van der Waals surface area contributed by atoms with Gasteiger partial charge in [-0.3, -0.25) is 14.2 Å². The van der Waals surface area contributed by atoms with E-state index in [2.05, 4.69) is 4.98 Å². The monoisotopic (exact) mass is 279 g/mol. The van der Waals surface area contributed by atoms with E-state index < -0.39 is 5.91 Å². The van der Waals surface area contributed by atoms with Crippen LogP contribution in [0, 0.1) is 13.8 Å². The molecule has 0 radical (unpaired) electrons. The van der Waals surface area contributed by atoms with Crippen molar-refractivity contribution >= 4 is 27.5 Å². The lowest BCUT2D eigenvalue weighted by Crippen LogP contribution is -2.27. The van der Waals surface area contributed by atoms with E-state index >= 15 is 0 Å². The fourth-order valence-electron chi connectivity index (χ4n) is 2.09. The van der Waals surface area contributed by atoms with Gasteiger partial charge in [-0.25, -0.2) is 4.98 Å². The molecule has 2 N–H and O–H groups in total. The molecular weight excluding hydrogens is 262 g/mol. The van der Waals surface area contributed by atoms with Crippen molar-refractivity contribution in [3.05, 3.63) is 26.6 Å². The Hall–Kier alpha value is -1.69. The Kier molecular flexibility index (Phi) is 3.71. The van der Waals surface area contributed by atoms with E-state index in [1.807, 2.05) is 20.8 Å². The van der Waals surface area contributed by atoms with Crippen LogP contribution in [0.5, 0.6) is 0 Å². The zero-order valence-electron chi connectivity index (χ0n) is 11.3. The Balaban J connectivity index is 2.67. The van der Waals surface area contributed by atoms with Crippen LogP contribution >= 0.6 is 11.3 Å². The van der Waals surface area contributed by atoms with Gasteiger partial charge in [-0.1, -0.05) is 6.92 Å². The largest absolute Gasteiger partial charge is 0.370 e. The molecule has 5 nitrogen and oxygen atoms in total. The second-order valence-corrected chi connectivity index (χ2v) is 5.72. The Labute approximate surface area is 115 Å². The molecule has 1 amide bonds. The van der Waals surface area contributed by atoms with Crippen LogP contribution in [-0.2, 0) is 17.8 Å². The van der Waals surface area contributed by atoms with E-state index in [0.717, 1.165) is 15.3 Å². The van der Waals surface area contributed by atoms with E-state index in [9.17, 15) is 9.59 Å². The highest BCUT2D eigenvalue weighted by Gasteiger charge is 2.15. The Morgan fingerprint density at radius 1 is 1.42 bits per heavy atom. The normalized spacial score (nSPS) is 11.1. The minimum Gasteiger partial charge on any atom is -0.370 e. The van der Waals surface area contributed by atoms with Gasteiger partial charge >= 0.3 is 0 Å². The SMILES string of the molecule is CCc1nc2sc(C)c(C)c2c(=O)n1CCC(N)=O. The van der Waals surface area contributed by atoms with Gasteiger partial charge in [0.15, 0.2) is 0 Å². The minimum atomic E-state index is -0.410. The summed E-state index contributed by atoms with van der Waals surface area (Å²) in [6, 6.07) is 0. The van der Waals surface area contributed by atoms with Gasteiger partial charge in [0.25, 0.3) is 5.56 Å². The van der Waals surface area contributed by atoms with E-state index in [0.29, 0.717) is 24.2 Å². The van der Waals surface area contributed by atoms with E-state index in [4.69, 9.17) is 5.73 Å². The molecule has 2 aromatic rings. The first-order chi connectivity index (χ1) is 8.95. The molecule has 0 unspecified atom stereocenters. The summed E-state index contributed by atoms with van der Waals surface area (Å²) in [6.07, 6.45) is 0.808. The van der Waals surface area contributed by atoms with Crippen LogP contribution in [0.15, 0.2) is 4.79 Å². The summed E-state index contributed by atoms with van der Waals surface area (Å²) in [5.41, 5.74) is 6.07. The lowest BCUT2D eigenvalue weighted by Gasteiger charge is -2.10. The summed E-state index contributed by atoms with van der Waals surface area (Å²) in [5.74, 6) is 0.298. The average Bonchev–Trinajstić information content (AvgIpc) is 2.63. The van der Waals surface area contributed by atoms with Crippen molar-refractivity contribution in [2.24, 2.45) is 5.73 Å². The molecule has 0 saturated carbocycles. The molecule has 0 aromatic carbocycles. The zero-order chi connectivity index (χ0) is 14.2. The summed E-state index contributed by atoms with van der Waals surface area (Å²) in [6.45, 7) is 6.16. The van der Waals surface area contributed by atoms with Gasteiger partial charge in [0.2, 0.25) is 5.91 Å². The van der Waals surface area contributed by atoms with Gasteiger partial charge in [-0.05, 0) is 19.4 Å². The fourth-order valence-corrected chi connectivity index (χ4v) is 3.13. The number of hydrogen-bond donors (Lipinski definition) is 1. The zero-order valence-corrected chi connectivity index (χ0v) is 12.1. The number of carbonyl (C=O) groups is 1. The van der Waals surface area contributed by atoms with Gasteiger partial charge in [-0.2, -0.15) is 0 Å². The second kappa shape index (κ2) is 5.13. The quantitative estimate of drug-likeness (QED) is 0.921. The predicted octanol–water partition coefficient (Wildman–Crippen LogP) is 1.51. The molecule has 0 bridgehead atoms. The first kappa shape index (κ1) is 13.7. The first-order valence-electron chi connectivity index (χ1n) is 6.23. The lowest BCUT2D eigenvalue weighted by molar-refractivity contribution is -0.118. The number of nitrogens with two attached hydrogens (primary N) is 1. The van der Waals surface area contributed by atoms with E-state index in [1.54, 1.807) is 4.57 Å². The fraction of sp³-hybridized carbons (Fsp3) is 0.462. The number of aryl methyl sites for hydroxylation is 3. The molecule has 0 aliphatic heterocycles. The Morgan fingerprint density at radius 2 is 2.11 bits per heavy atom. The number of carbonyl (C=O) groups excluding carboxylic acids is 1. The maximum Gasteiger partial charge on any atom is 0.262 e. The highest BCUT2D eigenvalue weighted by Crippen LogP contribution is 2.26. The highest BCUT2D eigenvalue weighted by molar-refractivity contribution is 7.18. The third-order valence-electron chi connectivity index (χ3n) is 3.27. The van der Waals surface area contributed by atoms with Gasteiger partial charge < -0.3 is 5.73 Å². The summed E-state index contributed by atoms with van der Waals surface area (Å²) in [5, 5.41) is 0.671. The molecule has 0 spiro atoms. The summed E-state index contributed by atoms with van der Waals surface area (Å²) >= 11 is 1.54. The molecule has 0 saturated heterocycles. The smallest absolute Gasteiger partial charge is 0.262 e. The third-order valence-corrected chi connectivity index (χ3v) is 4.37. The number of aromatic nitrogens is 2. The van der Waals surface area contributed by atoms with E-state index in [1.165, 1.54) is 11.3 Å². The van der Waals surface area contributed by atoms with Crippen LogP contribution in [0.25, 0.3) is 10.2 Å². The van der Waals surface area contributed by atoms with Gasteiger partial charge in [-0.15, -0.1) is 11.3 Å². The van der Waals surface area contributed by atoms with Gasteiger partial charge in [0.05, 0.1) is 5.39 Å². The Morgan fingerprint density at radius 3 is 2.68 bits per heavy atom. The number of hydrogen-bond acceptors (Lipinski definition) is 4. The number of rotatable bonds is 4. The molecule has 102 valence electrons. The molecule has 19 heavy (non-hydrogen) atoms. The van der Waals surface area contributed by atoms with Crippen molar-refractivity contribution in [3.8, 4) is 0 Å². The number of nitrogens with zero attached hydrogens (tertiary/aromatic N) is 2. The van der Waals surface area contributed by atoms with Crippen LogP contribution in [-0.4, -0.2) is 15.5 Å². The van der Waals surface area contributed by atoms with E-state index in [-0.39, 0.29) is 12.0 Å². The summed E-state index contributed by atoms with van der Waals surface area (Å²) < 4.78 is 1.58. The molecule has 0 atom stereocenters. The third kappa shape index (κ3) is 2.40. The van der Waals surface area contributed by atoms with Crippen LogP contribution in [0.1, 0.15) is 29.6 Å². The van der Waals surface area contributed by atoms with Crippen LogP contribution < -0.4 is 11.3 Å². The molecule has 0 fully saturated rings. The lowest BCUT2D eigenvalue weighted by atomic mass is 10.2. The standard InChI is InChI=1S/C13H17N3O2S/c1-4-10-15-12-11(7(2)8(3)19-12)13(18)16(10)6-5-9(14)17/h4-6H2,1-3H3,(H2,14,17). The Bertz CT molecular complexity index is 700. The van der Waals surface area contributed by atoms with Crippen molar-refractivity contribution in [1.82, 2.24) is 9.55 Å². The molecule has 6 heteroatoms. The number of amides is 1. The van der Waals surface area contributed by atoms with Crippen LogP contribution in [0.2, 0.25) is 0 Å².